The summed E-state index contributed by atoms with van der Waals surface area (Å²) >= 11 is 1.45. The number of hydrogen-bond acceptors (Lipinski definition) is 5. The van der Waals surface area contributed by atoms with Crippen LogP contribution in [0.3, 0.4) is 0 Å². The maximum atomic E-state index is 12.8. The Morgan fingerprint density at radius 3 is 2.44 bits per heavy atom. The monoisotopic (exact) mass is 516 g/mol. The van der Waals surface area contributed by atoms with Crippen LogP contribution in [0.2, 0.25) is 0 Å². The van der Waals surface area contributed by atoms with Gasteiger partial charge in [-0.1, -0.05) is 18.2 Å². The van der Waals surface area contributed by atoms with Gasteiger partial charge in [0.05, 0.1) is 23.4 Å². The zero-order valence-electron chi connectivity index (χ0n) is 20.5. The van der Waals surface area contributed by atoms with Gasteiger partial charge in [0.25, 0.3) is 0 Å². The maximum absolute atomic E-state index is 12.8. The molecule has 0 aliphatic carbocycles. The molecule has 4 rings (SSSR count). The van der Waals surface area contributed by atoms with Crippen molar-refractivity contribution in [3.63, 3.8) is 0 Å². The van der Waals surface area contributed by atoms with Crippen LogP contribution in [0, 0.1) is 6.92 Å². The minimum absolute atomic E-state index is 0.108. The maximum Gasteiger partial charge on any atom is 0.416 e. The van der Waals surface area contributed by atoms with Crippen molar-refractivity contribution in [3.8, 4) is 16.3 Å². The molecule has 5 nitrogen and oxygen atoms in total. The molecule has 0 N–H and O–H groups in total. The molecule has 0 radical (unpaired) electrons. The van der Waals surface area contributed by atoms with Crippen molar-refractivity contribution < 1.29 is 27.4 Å². The molecular formula is C27H27F3N2O3S. The predicted octanol–water partition coefficient (Wildman–Crippen LogP) is 7.06. The quantitative estimate of drug-likeness (QED) is 0.247. The number of halogens is 3. The van der Waals surface area contributed by atoms with E-state index >= 15 is 0 Å². The van der Waals surface area contributed by atoms with Gasteiger partial charge in [-0.05, 0) is 58.0 Å². The predicted molar refractivity (Wildman–Crippen MR) is 134 cm³/mol. The Morgan fingerprint density at radius 2 is 1.78 bits per heavy atom. The highest BCUT2D eigenvalue weighted by Gasteiger charge is 2.30. The molecular weight excluding hydrogens is 489 g/mol. The highest BCUT2D eigenvalue weighted by Crippen LogP contribution is 2.33. The molecule has 0 bridgehead atoms. The normalized spacial score (nSPS) is 12.2. The molecule has 0 spiro atoms. The zero-order valence-corrected chi connectivity index (χ0v) is 21.3. The van der Waals surface area contributed by atoms with E-state index in [2.05, 4.69) is 4.98 Å². The topological polar surface area (TPSA) is 53.4 Å². The third-order valence-electron chi connectivity index (χ3n) is 5.43. The molecule has 0 aliphatic rings. The fraction of sp³-hybridized carbons (Fsp3) is 0.333. The Labute approximate surface area is 211 Å². The second-order valence-electron chi connectivity index (χ2n) is 9.42. The van der Waals surface area contributed by atoms with E-state index < -0.39 is 17.3 Å². The van der Waals surface area contributed by atoms with Crippen molar-refractivity contribution in [2.24, 2.45) is 0 Å². The number of nitrogens with zero attached hydrogens (tertiary/aromatic N) is 2. The molecule has 2 aromatic carbocycles. The first-order valence-electron chi connectivity index (χ1n) is 11.5. The number of rotatable bonds is 7. The number of carbonyl (C=O) groups is 1. The third kappa shape index (κ3) is 6.07. The van der Waals surface area contributed by atoms with Gasteiger partial charge in [-0.25, -0.2) is 4.98 Å². The van der Waals surface area contributed by atoms with Gasteiger partial charge in [-0.2, -0.15) is 13.2 Å². The number of esters is 1. The lowest BCUT2D eigenvalue weighted by molar-refractivity contribution is -0.155. The smallest absolute Gasteiger partial charge is 0.416 e. The second-order valence-corrected chi connectivity index (χ2v) is 10.5. The zero-order chi connectivity index (χ0) is 26.1. The molecule has 0 fully saturated rings. The van der Waals surface area contributed by atoms with Crippen LogP contribution in [0.15, 0.2) is 54.7 Å². The van der Waals surface area contributed by atoms with E-state index in [9.17, 15) is 18.0 Å². The number of benzene rings is 2. The van der Waals surface area contributed by atoms with Crippen molar-refractivity contribution in [1.29, 1.82) is 0 Å². The summed E-state index contributed by atoms with van der Waals surface area (Å²) in [5.41, 5.74) is 1.13. The molecule has 0 atom stereocenters. The summed E-state index contributed by atoms with van der Waals surface area (Å²) in [6.07, 6.45) is -1.91. The fourth-order valence-electron chi connectivity index (χ4n) is 3.81. The first kappa shape index (κ1) is 25.8. The van der Waals surface area contributed by atoms with E-state index in [4.69, 9.17) is 9.47 Å². The van der Waals surface area contributed by atoms with Crippen LogP contribution in [0.4, 0.5) is 13.2 Å². The van der Waals surface area contributed by atoms with E-state index in [-0.39, 0.29) is 12.5 Å². The van der Waals surface area contributed by atoms with Crippen LogP contribution >= 0.6 is 11.3 Å². The number of hydrogen-bond donors (Lipinski definition) is 0. The van der Waals surface area contributed by atoms with Crippen molar-refractivity contribution >= 4 is 28.2 Å². The molecule has 0 unspecified atom stereocenters. The van der Waals surface area contributed by atoms with E-state index in [0.29, 0.717) is 29.3 Å². The summed E-state index contributed by atoms with van der Waals surface area (Å²) in [5.74, 6) is 0.399. The summed E-state index contributed by atoms with van der Waals surface area (Å²) in [7, 11) is 0. The second kappa shape index (κ2) is 9.97. The highest BCUT2D eigenvalue weighted by molar-refractivity contribution is 7.15. The minimum Gasteiger partial charge on any atom is -0.493 e. The molecule has 36 heavy (non-hydrogen) atoms. The fourth-order valence-corrected chi connectivity index (χ4v) is 4.86. The average molecular weight is 517 g/mol. The average Bonchev–Trinajstić information content (AvgIpc) is 3.36. The number of carbonyl (C=O) groups excluding carboxylic acids is 1. The Bertz CT molecular complexity index is 1370. The molecule has 0 amide bonds. The van der Waals surface area contributed by atoms with Gasteiger partial charge in [0.2, 0.25) is 0 Å². The Hall–Kier alpha value is -3.33. The third-order valence-corrected chi connectivity index (χ3v) is 6.70. The summed E-state index contributed by atoms with van der Waals surface area (Å²) < 4.78 is 51.8. The van der Waals surface area contributed by atoms with Gasteiger partial charge in [0.15, 0.2) is 0 Å². The van der Waals surface area contributed by atoms with Crippen LogP contribution < -0.4 is 4.74 Å². The number of aromatic nitrogens is 2. The summed E-state index contributed by atoms with van der Waals surface area (Å²) in [6.45, 7) is 7.91. The van der Waals surface area contributed by atoms with Crippen molar-refractivity contribution in [3.05, 3.63) is 70.9 Å². The van der Waals surface area contributed by atoms with E-state index in [1.807, 2.05) is 62.7 Å². The van der Waals surface area contributed by atoms with Gasteiger partial charge in [-0.15, -0.1) is 11.3 Å². The summed E-state index contributed by atoms with van der Waals surface area (Å²) in [6, 6.07) is 12.6. The number of ether oxygens (including phenoxy) is 2. The Balaban J connectivity index is 1.42. The highest BCUT2D eigenvalue weighted by atomic mass is 32.1. The Morgan fingerprint density at radius 1 is 1.06 bits per heavy atom. The van der Waals surface area contributed by atoms with Gasteiger partial charge in [0.1, 0.15) is 22.9 Å². The summed E-state index contributed by atoms with van der Waals surface area (Å²) in [4.78, 5) is 17.8. The van der Waals surface area contributed by atoms with Gasteiger partial charge in [0, 0.05) is 28.4 Å². The SMILES string of the molecule is Cc1nc(-c2ccc(C(F)(F)F)cc2)sc1CCOc1cccc2c1ccn2CC(=O)OC(C)(C)C. The molecule has 0 saturated carbocycles. The number of thiazole rings is 1. The molecule has 0 saturated heterocycles. The first-order valence-corrected chi connectivity index (χ1v) is 12.3. The van der Waals surface area contributed by atoms with Crippen LogP contribution in [-0.4, -0.2) is 27.7 Å². The standard InChI is InChI=1S/C27H27F3N2O3S/c1-17-23(36-25(31-17)18-8-10-19(11-9-18)27(28,29)30)13-15-34-22-7-5-6-21-20(22)12-14-32(21)16-24(33)35-26(2,3)4/h5-12,14H,13,15-16H2,1-4H3. The molecule has 9 heteroatoms. The molecule has 4 aromatic rings. The molecule has 0 aliphatic heterocycles. The lowest BCUT2D eigenvalue weighted by Gasteiger charge is -2.19. The summed E-state index contributed by atoms with van der Waals surface area (Å²) in [5, 5.41) is 1.57. The number of fused-ring (bicyclic) bond motifs is 1. The van der Waals surface area contributed by atoms with E-state index in [1.54, 1.807) is 0 Å². The van der Waals surface area contributed by atoms with Gasteiger partial charge >= 0.3 is 12.1 Å². The minimum atomic E-state index is -4.36. The number of aryl methyl sites for hydroxylation is 1. The van der Waals surface area contributed by atoms with Crippen LogP contribution in [0.5, 0.6) is 5.75 Å². The van der Waals surface area contributed by atoms with Gasteiger partial charge < -0.3 is 14.0 Å². The van der Waals surface area contributed by atoms with Crippen LogP contribution in [0.25, 0.3) is 21.5 Å². The van der Waals surface area contributed by atoms with Gasteiger partial charge in [-0.3, -0.25) is 4.79 Å². The van der Waals surface area contributed by atoms with Crippen molar-refractivity contribution in [2.75, 3.05) is 6.61 Å². The van der Waals surface area contributed by atoms with Crippen molar-refractivity contribution in [2.45, 2.75) is 52.4 Å². The van der Waals surface area contributed by atoms with Crippen LogP contribution in [-0.2, 0) is 28.7 Å². The van der Waals surface area contributed by atoms with Crippen LogP contribution in [0.1, 0.15) is 36.9 Å². The Kier molecular flexibility index (Phi) is 7.13. The van der Waals surface area contributed by atoms with Crippen molar-refractivity contribution in [1.82, 2.24) is 9.55 Å². The molecule has 190 valence electrons. The largest absolute Gasteiger partial charge is 0.493 e. The number of alkyl halides is 3. The molecule has 2 heterocycles. The van der Waals surface area contributed by atoms with E-state index in [1.165, 1.54) is 23.5 Å². The lowest BCUT2D eigenvalue weighted by Crippen LogP contribution is -2.26. The molecule has 2 aromatic heterocycles. The first-order chi connectivity index (χ1) is 16.9. The lowest BCUT2D eigenvalue weighted by atomic mass is 10.1. The van der Waals surface area contributed by atoms with E-state index in [0.717, 1.165) is 33.6 Å².